The Balaban J connectivity index is 0.000000169. The van der Waals surface area contributed by atoms with Crippen LogP contribution in [0.15, 0.2) is 72.8 Å². The van der Waals surface area contributed by atoms with Gasteiger partial charge in [-0.15, -0.1) is 0 Å². The molecule has 1 aliphatic carbocycles. The van der Waals surface area contributed by atoms with Gasteiger partial charge in [-0.1, -0.05) is 60.7 Å². The minimum atomic E-state index is -1.18. The standard InChI is InChI=1S/2C14H10O4/c15-13(16)11-9-4-2-1-3-7(9)8-5-6-10(8)12(11)14(17)18;15-13(16)11-7-3-1-5-9(11)10-6-2-4-8-12(10)14(17)18/h1-4H,5-6H2,(H,15,16)(H,17,18);1-8H,(H,15,16)(H,17,18). The Hall–Kier alpha value is -4.98. The van der Waals surface area contributed by atoms with Crippen molar-refractivity contribution in [3.05, 3.63) is 106 Å². The Bertz CT molecular complexity index is 1500. The second-order valence-corrected chi connectivity index (χ2v) is 8.06. The maximum atomic E-state index is 11.4. The van der Waals surface area contributed by atoms with Gasteiger partial charge in [0.25, 0.3) is 0 Å². The van der Waals surface area contributed by atoms with Gasteiger partial charge in [0.05, 0.1) is 22.3 Å². The summed E-state index contributed by atoms with van der Waals surface area (Å²) in [4.78, 5) is 44.9. The van der Waals surface area contributed by atoms with E-state index in [9.17, 15) is 29.4 Å². The van der Waals surface area contributed by atoms with Crippen LogP contribution in [0.2, 0.25) is 0 Å². The first-order valence-electron chi connectivity index (χ1n) is 10.9. The Kier molecular flexibility index (Phi) is 6.52. The van der Waals surface area contributed by atoms with E-state index in [0.29, 0.717) is 28.5 Å². The van der Waals surface area contributed by atoms with Crippen LogP contribution in [-0.2, 0) is 12.8 Å². The number of aryl methyl sites for hydroxylation is 1. The lowest BCUT2D eigenvalue weighted by molar-refractivity contribution is 0.0651. The summed E-state index contributed by atoms with van der Waals surface area (Å²) in [5.74, 6) is -4.50. The van der Waals surface area contributed by atoms with Gasteiger partial charge in [0, 0.05) is 0 Å². The van der Waals surface area contributed by atoms with Crippen LogP contribution in [-0.4, -0.2) is 44.3 Å². The summed E-state index contributed by atoms with van der Waals surface area (Å²) in [5.41, 5.74) is 2.52. The largest absolute Gasteiger partial charge is 0.478 e. The van der Waals surface area contributed by atoms with Crippen molar-refractivity contribution in [2.45, 2.75) is 12.8 Å². The number of hydrogen-bond donors (Lipinski definition) is 4. The van der Waals surface area contributed by atoms with Crippen LogP contribution in [0.3, 0.4) is 0 Å². The topological polar surface area (TPSA) is 149 Å². The number of carboxylic acids is 4. The van der Waals surface area contributed by atoms with E-state index in [1.807, 2.05) is 12.1 Å². The highest BCUT2D eigenvalue weighted by Gasteiger charge is 2.30. The summed E-state index contributed by atoms with van der Waals surface area (Å²) in [5, 5.41) is 38.1. The minimum Gasteiger partial charge on any atom is -0.478 e. The Morgan fingerprint density at radius 1 is 0.472 bits per heavy atom. The Morgan fingerprint density at radius 2 is 0.889 bits per heavy atom. The molecule has 4 N–H and O–H groups in total. The van der Waals surface area contributed by atoms with Gasteiger partial charge in [-0.25, -0.2) is 19.2 Å². The van der Waals surface area contributed by atoms with Crippen LogP contribution in [0, 0.1) is 0 Å². The van der Waals surface area contributed by atoms with Gasteiger partial charge >= 0.3 is 23.9 Å². The van der Waals surface area contributed by atoms with E-state index < -0.39 is 23.9 Å². The quantitative estimate of drug-likeness (QED) is 0.306. The molecule has 0 aliphatic heterocycles. The van der Waals surface area contributed by atoms with Crippen molar-refractivity contribution in [1.29, 1.82) is 0 Å². The molecule has 0 radical (unpaired) electrons. The van der Waals surface area contributed by atoms with Crippen LogP contribution < -0.4 is 0 Å². The summed E-state index contributed by atoms with van der Waals surface area (Å²) in [6.07, 6.45) is 1.46. The average Bonchev–Trinajstić information content (AvgIpc) is 2.83. The van der Waals surface area contributed by atoms with Crippen LogP contribution in [0.1, 0.15) is 52.6 Å². The molecular weight excluding hydrogens is 464 g/mol. The fraction of sp³-hybridized carbons (Fsp3) is 0.0714. The zero-order valence-electron chi connectivity index (χ0n) is 18.8. The van der Waals surface area contributed by atoms with Crippen molar-refractivity contribution in [3.8, 4) is 11.1 Å². The molecule has 0 amide bonds. The van der Waals surface area contributed by atoms with Crippen LogP contribution in [0.5, 0.6) is 0 Å². The molecule has 8 nitrogen and oxygen atoms in total. The molecular formula is C28H20O8. The fourth-order valence-corrected chi connectivity index (χ4v) is 4.47. The van der Waals surface area contributed by atoms with Crippen molar-refractivity contribution in [1.82, 2.24) is 0 Å². The molecule has 0 atom stereocenters. The molecule has 4 aromatic carbocycles. The maximum Gasteiger partial charge on any atom is 0.337 e. The van der Waals surface area contributed by atoms with Gasteiger partial charge in [0.15, 0.2) is 0 Å². The first-order chi connectivity index (χ1) is 17.2. The molecule has 4 aromatic rings. The predicted molar refractivity (Wildman–Crippen MR) is 131 cm³/mol. The van der Waals surface area contributed by atoms with Gasteiger partial charge in [-0.2, -0.15) is 0 Å². The predicted octanol–water partition coefficient (Wildman–Crippen LogP) is 5.08. The average molecular weight is 484 g/mol. The molecule has 0 unspecified atom stereocenters. The lowest BCUT2D eigenvalue weighted by Crippen LogP contribution is -2.20. The molecule has 0 bridgehead atoms. The van der Waals surface area contributed by atoms with Gasteiger partial charge in [0.2, 0.25) is 0 Å². The highest BCUT2D eigenvalue weighted by molar-refractivity contribution is 6.14. The van der Waals surface area contributed by atoms with Crippen molar-refractivity contribution < 1.29 is 39.6 Å². The normalized spacial score (nSPS) is 11.4. The van der Waals surface area contributed by atoms with E-state index in [1.54, 1.807) is 48.5 Å². The number of hydrogen-bond acceptors (Lipinski definition) is 4. The molecule has 180 valence electrons. The summed E-state index contributed by atoms with van der Waals surface area (Å²) < 4.78 is 0. The fourth-order valence-electron chi connectivity index (χ4n) is 4.47. The molecule has 0 fully saturated rings. The van der Waals surface area contributed by atoms with Crippen LogP contribution in [0.4, 0.5) is 0 Å². The van der Waals surface area contributed by atoms with E-state index >= 15 is 0 Å². The second kappa shape index (κ2) is 9.71. The molecule has 0 saturated heterocycles. The van der Waals surface area contributed by atoms with E-state index in [1.165, 1.54) is 12.1 Å². The molecule has 0 heterocycles. The van der Waals surface area contributed by atoms with Gasteiger partial charge in [0.1, 0.15) is 0 Å². The van der Waals surface area contributed by atoms with Crippen molar-refractivity contribution >= 4 is 34.6 Å². The third kappa shape index (κ3) is 4.27. The molecule has 8 heteroatoms. The first kappa shape index (κ1) is 24.2. The first-order valence-corrected chi connectivity index (χ1v) is 10.9. The number of aromatic carboxylic acids is 4. The molecule has 5 rings (SSSR count). The lowest BCUT2D eigenvalue weighted by atomic mass is 9.78. The second-order valence-electron chi connectivity index (χ2n) is 8.06. The van der Waals surface area contributed by atoms with E-state index in [2.05, 4.69) is 0 Å². The molecule has 0 aromatic heterocycles. The van der Waals surface area contributed by atoms with Gasteiger partial charge in [-0.05, 0) is 58.0 Å². The highest BCUT2D eigenvalue weighted by atomic mass is 16.4. The Morgan fingerprint density at radius 3 is 1.31 bits per heavy atom. The molecule has 0 spiro atoms. The minimum absolute atomic E-state index is 0.0394. The van der Waals surface area contributed by atoms with Crippen molar-refractivity contribution in [3.63, 3.8) is 0 Å². The maximum absolute atomic E-state index is 11.4. The Labute approximate surface area is 204 Å². The molecule has 36 heavy (non-hydrogen) atoms. The smallest absolute Gasteiger partial charge is 0.337 e. The summed E-state index contributed by atoms with van der Waals surface area (Å²) in [6.45, 7) is 0. The lowest BCUT2D eigenvalue weighted by Gasteiger charge is -2.25. The van der Waals surface area contributed by atoms with E-state index in [4.69, 9.17) is 10.2 Å². The number of benzene rings is 4. The molecule has 1 aliphatic rings. The van der Waals surface area contributed by atoms with E-state index in [0.717, 1.165) is 17.4 Å². The summed E-state index contributed by atoms with van der Waals surface area (Å²) in [7, 11) is 0. The third-order valence-electron chi connectivity index (χ3n) is 6.10. The summed E-state index contributed by atoms with van der Waals surface area (Å²) in [6, 6.07) is 19.8. The SMILES string of the molecule is O=C(O)c1c2c(c3ccccc3c1C(=O)O)CC2.O=C(O)c1ccccc1-c1ccccc1C(=O)O. The number of carbonyl (C=O) groups is 4. The molecule has 0 saturated carbocycles. The van der Waals surface area contributed by atoms with Crippen LogP contribution >= 0.6 is 0 Å². The van der Waals surface area contributed by atoms with Crippen LogP contribution in [0.25, 0.3) is 21.9 Å². The van der Waals surface area contributed by atoms with Gasteiger partial charge in [-0.3, -0.25) is 0 Å². The highest BCUT2D eigenvalue weighted by Crippen LogP contribution is 2.37. The van der Waals surface area contributed by atoms with Crippen molar-refractivity contribution in [2.75, 3.05) is 0 Å². The monoisotopic (exact) mass is 484 g/mol. The third-order valence-corrected chi connectivity index (χ3v) is 6.10. The number of carboxylic acid groups (broad SMARTS) is 4. The van der Waals surface area contributed by atoms with Crippen molar-refractivity contribution in [2.24, 2.45) is 0 Å². The zero-order chi connectivity index (χ0) is 26.0. The number of rotatable bonds is 5. The summed E-state index contributed by atoms with van der Waals surface area (Å²) >= 11 is 0. The van der Waals surface area contributed by atoms with E-state index in [-0.39, 0.29) is 22.3 Å². The zero-order valence-corrected chi connectivity index (χ0v) is 18.8. The number of fused-ring (bicyclic) bond motifs is 3. The van der Waals surface area contributed by atoms with Gasteiger partial charge < -0.3 is 20.4 Å².